The topological polar surface area (TPSA) is 175 Å². The zero-order chi connectivity index (χ0) is 31.3. The van der Waals surface area contributed by atoms with E-state index in [1.165, 1.54) is 18.1 Å². The molecule has 1 fully saturated rings. The largest absolute Gasteiger partial charge is 0.506 e. The first kappa shape index (κ1) is 29.7. The van der Waals surface area contributed by atoms with Crippen LogP contribution in [-0.4, -0.2) is 99.2 Å². The molecule has 6 bridgehead atoms. The van der Waals surface area contributed by atoms with Crippen molar-refractivity contribution in [1.82, 2.24) is 4.90 Å². The third kappa shape index (κ3) is 4.70. The van der Waals surface area contributed by atoms with Crippen molar-refractivity contribution in [3.05, 3.63) is 64.2 Å². The number of carbonyl (C=O) groups excluding carboxylic acids is 2. The molecule has 44 heavy (non-hydrogen) atoms. The van der Waals surface area contributed by atoms with Crippen molar-refractivity contribution in [2.75, 3.05) is 26.9 Å². The minimum absolute atomic E-state index is 0.0321. The van der Waals surface area contributed by atoms with Gasteiger partial charge in [-0.1, -0.05) is 24.1 Å². The van der Waals surface area contributed by atoms with Gasteiger partial charge in [-0.3, -0.25) is 9.59 Å². The molecule has 0 aromatic heterocycles. The minimum atomic E-state index is -2.42. The molecule has 1 amide bonds. The van der Waals surface area contributed by atoms with Crippen molar-refractivity contribution in [3.63, 3.8) is 0 Å². The molecule has 3 aliphatic heterocycles. The smallest absolute Gasteiger partial charge is 0.254 e. The molecule has 0 radical (unpaired) electrons. The van der Waals surface area contributed by atoms with Crippen LogP contribution in [0.25, 0.3) is 10.8 Å². The Balaban J connectivity index is 1.56. The Kier molecular flexibility index (Phi) is 7.61. The number of fused-ring (bicyclic) bond motifs is 4. The number of amides is 1. The number of hydrogen-bond donors (Lipinski definition) is 5. The molecule has 0 saturated carbocycles. The lowest BCUT2D eigenvalue weighted by atomic mass is 9.86. The zero-order valence-electron chi connectivity index (χ0n) is 23.9. The number of rotatable bonds is 3. The number of Topliss-reactive ketones (excluding diaryl/α,β-unsaturated/α-hetero) is 1. The lowest BCUT2D eigenvalue weighted by Crippen LogP contribution is -2.70. The number of phenols is 1. The molecule has 3 aromatic rings. The molecular formula is C32H31NO11. The molecule has 5 N–H and O–H groups in total. The Morgan fingerprint density at radius 3 is 2.68 bits per heavy atom. The quantitative estimate of drug-likeness (QED) is 0.267. The number of carbonyl (C=O) groups is 2. The lowest BCUT2D eigenvalue weighted by Gasteiger charge is -2.47. The van der Waals surface area contributed by atoms with Crippen LogP contribution in [0.15, 0.2) is 36.4 Å². The van der Waals surface area contributed by atoms with E-state index in [9.17, 15) is 35.1 Å². The summed E-state index contributed by atoms with van der Waals surface area (Å²) in [7, 11) is 1.41. The highest BCUT2D eigenvalue weighted by atomic mass is 16.7. The molecule has 3 aliphatic rings. The van der Waals surface area contributed by atoms with Crippen LogP contribution in [0.2, 0.25) is 0 Å². The molecule has 230 valence electrons. The third-order valence-corrected chi connectivity index (χ3v) is 8.43. The van der Waals surface area contributed by atoms with E-state index in [-0.39, 0.29) is 42.1 Å². The highest BCUT2D eigenvalue weighted by molar-refractivity contribution is 6.10. The van der Waals surface area contributed by atoms with Crippen molar-refractivity contribution in [3.8, 4) is 29.3 Å². The predicted molar refractivity (Wildman–Crippen MR) is 153 cm³/mol. The van der Waals surface area contributed by atoms with E-state index in [1.807, 2.05) is 0 Å². The van der Waals surface area contributed by atoms with Gasteiger partial charge in [-0.05, 0) is 41.1 Å². The Morgan fingerprint density at radius 1 is 1.16 bits per heavy atom. The van der Waals surface area contributed by atoms with Gasteiger partial charge in [-0.15, -0.1) is 0 Å². The lowest BCUT2D eigenvalue weighted by molar-refractivity contribution is -0.326. The first-order chi connectivity index (χ1) is 21.1. The van der Waals surface area contributed by atoms with Crippen LogP contribution >= 0.6 is 0 Å². The van der Waals surface area contributed by atoms with Crippen LogP contribution in [0.4, 0.5) is 0 Å². The molecule has 0 spiro atoms. The van der Waals surface area contributed by atoms with Crippen molar-refractivity contribution in [2.45, 2.75) is 50.1 Å². The summed E-state index contributed by atoms with van der Waals surface area (Å²) >= 11 is 0. The molecule has 12 nitrogen and oxygen atoms in total. The van der Waals surface area contributed by atoms with Gasteiger partial charge in [0.2, 0.25) is 6.29 Å². The van der Waals surface area contributed by atoms with Crippen molar-refractivity contribution in [1.29, 1.82) is 0 Å². The molecular weight excluding hydrogens is 574 g/mol. The summed E-state index contributed by atoms with van der Waals surface area (Å²) in [5.41, 5.74) is -0.171. The summed E-state index contributed by atoms with van der Waals surface area (Å²) in [4.78, 5) is 28.4. The third-order valence-electron chi connectivity index (χ3n) is 8.43. The van der Waals surface area contributed by atoms with E-state index in [1.54, 1.807) is 37.3 Å². The average Bonchev–Trinajstić information content (AvgIpc) is 3.32. The fraction of sp³-hybridized carbons (Fsp3) is 0.375. The second-order valence-electron chi connectivity index (χ2n) is 11.1. The van der Waals surface area contributed by atoms with Crippen LogP contribution in [0.3, 0.4) is 0 Å². The molecule has 6 rings (SSSR count). The van der Waals surface area contributed by atoms with E-state index in [4.69, 9.17) is 18.9 Å². The number of aromatic hydroxyl groups is 1. The highest BCUT2D eigenvalue weighted by Crippen LogP contribution is 2.43. The Morgan fingerprint density at radius 2 is 1.95 bits per heavy atom. The number of aryl methyl sites for hydroxylation is 1. The van der Waals surface area contributed by atoms with Crippen LogP contribution in [-0.2, 0) is 22.4 Å². The average molecular weight is 606 g/mol. The minimum Gasteiger partial charge on any atom is -0.506 e. The van der Waals surface area contributed by atoms with Crippen molar-refractivity contribution >= 4 is 22.5 Å². The van der Waals surface area contributed by atoms with E-state index in [2.05, 4.69) is 12.0 Å². The fourth-order valence-electron chi connectivity index (χ4n) is 6.11. The maximum absolute atomic E-state index is 13.7. The second kappa shape index (κ2) is 11.3. The maximum Gasteiger partial charge on any atom is 0.254 e. The molecule has 3 aromatic carbocycles. The van der Waals surface area contributed by atoms with Crippen molar-refractivity contribution < 1.29 is 54.1 Å². The maximum atomic E-state index is 13.7. The van der Waals surface area contributed by atoms with E-state index >= 15 is 0 Å². The Hall–Kier alpha value is -4.38. The number of aliphatic hydroxyl groups excluding tert-OH is 3. The fourth-order valence-corrected chi connectivity index (χ4v) is 6.11. The summed E-state index contributed by atoms with van der Waals surface area (Å²) in [5, 5.41) is 55.0. The molecule has 5 atom stereocenters. The van der Waals surface area contributed by atoms with Gasteiger partial charge < -0.3 is 49.4 Å². The van der Waals surface area contributed by atoms with Gasteiger partial charge in [0.15, 0.2) is 17.5 Å². The first-order valence-corrected chi connectivity index (χ1v) is 14.0. The number of aliphatic hydroxyl groups is 4. The van der Waals surface area contributed by atoms with Crippen molar-refractivity contribution in [2.24, 2.45) is 0 Å². The van der Waals surface area contributed by atoms with E-state index < -0.39 is 54.9 Å². The summed E-state index contributed by atoms with van der Waals surface area (Å²) in [6.45, 7) is -0.208. The monoisotopic (exact) mass is 605 g/mol. The van der Waals surface area contributed by atoms with E-state index in [0.29, 0.717) is 33.4 Å². The number of benzene rings is 3. The number of hydrogen-bond acceptors (Lipinski definition) is 11. The number of methoxy groups -OCH3 is 1. The number of ketones is 1. The highest BCUT2D eigenvalue weighted by Gasteiger charge is 2.58. The molecule has 12 heteroatoms. The van der Waals surface area contributed by atoms with Gasteiger partial charge in [0.1, 0.15) is 35.6 Å². The number of nitrogens with zero attached hydrogens (tertiary/aromatic N) is 1. The van der Waals surface area contributed by atoms with Gasteiger partial charge in [0, 0.05) is 24.6 Å². The predicted octanol–water partition coefficient (Wildman–Crippen LogP) is 0.784. The Bertz CT molecular complexity index is 1730. The van der Waals surface area contributed by atoms with Crippen LogP contribution < -0.4 is 9.47 Å². The SMILES string of the molecule is COc1cc2c3c(O)c(c(C)cc3c1)C(=O)CN1Cc3c(cccc3C1=O)CC#CO[C@H]1[C@H](O)[C@@H](CO)O[C@H](O2)[C@@]1(O)CO. The van der Waals surface area contributed by atoms with Crippen LogP contribution in [0.5, 0.6) is 17.2 Å². The molecule has 3 heterocycles. The molecule has 0 unspecified atom stereocenters. The van der Waals surface area contributed by atoms with E-state index in [0.717, 1.165) is 0 Å². The Labute approximate surface area is 251 Å². The van der Waals surface area contributed by atoms with Gasteiger partial charge >= 0.3 is 0 Å². The standard InChI is InChI=1S/C32H31NO11/c1-16-9-18-10-19(41-2)11-23-26(18)28(38)25(16)22(36)13-33-12-21-17(5-3-7-20(21)30(33)39)6-4-8-42-29-27(37)24(14-34)44-31(43-23)32(29,40)15-35/h3,5,7,9-11,24,27,29,31,34-35,37-38,40H,6,12-15H2,1-2H3/t24-,27-,29+,31+,32-/m1/s1. The summed E-state index contributed by atoms with van der Waals surface area (Å²) in [6.07, 6.45) is -3.72. The number of phenolic OH excluding ortho intramolecular Hbond substituents is 1. The zero-order valence-corrected chi connectivity index (χ0v) is 23.9. The number of ether oxygens (including phenoxy) is 4. The van der Waals surface area contributed by atoms with Gasteiger partial charge in [-0.2, -0.15) is 0 Å². The summed E-state index contributed by atoms with van der Waals surface area (Å²) in [6, 6.07) is 9.82. The summed E-state index contributed by atoms with van der Waals surface area (Å²) in [5.74, 6) is 1.74. The van der Waals surface area contributed by atoms with Gasteiger partial charge in [0.25, 0.3) is 5.91 Å². The molecule has 1 saturated heterocycles. The second-order valence-corrected chi connectivity index (χ2v) is 11.1. The van der Waals surface area contributed by atoms with Gasteiger partial charge in [-0.25, -0.2) is 0 Å². The summed E-state index contributed by atoms with van der Waals surface area (Å²) < 4.78 is 22.8. The first-order valence-electron chi connectivity index (χ1n) is 14.0. The van der Waals surface area contributed by atoms with Crippen LogP contribution in [0, 0.1) is 19.0 Å². The van der Waals surface area contributed by atoms with Gasteiger partial charge in [0.05, 0.1) is 37.8 Å². The normalized spacial score (nSPS) is 26.4. The van der Waals surface area contributed by atoms with Crippen LogP contribution in [0.1, 0.15) is 37.4 Å². The molecule has 0 aliphatic carbocycles.